The van der Waals surface area contributed by atoms with Crippen molar-refractivity contribution >= 4 is 0 Å². The van der Waals surface area contributed by atoms with Crippen molar-refractivity contribution in [2.45, 2.75) is 19.4 Å². The van der Waals surface area contributed by atoms with Crippen LogP contribution in [0.4, 0.5) is 0 Å². The van der Waals surface area contributed by atoms with Gasteiger partial charge in [-0.05, 0) is 6.42 Å². The van der Waals surface area contributed by atoms with Gasteiger partial charge in [0.25, 0.3) is 0 Å². The van der Waals surface area contributed by atoms with Gasteiger partial charge < -0.3 is 4.74 Å². The van der Waals surface area contributed by atoms with Gasteiger partial charge in [0.1, 0.15) is 0 Å². The fourth-order valence-corrected chi connectivity index (χ4v) is 0.304. The fourth-order valence-electron chi connectivity index (χ4n) is 0.304. The third-order valence-electron chi connectivity index (χ3n) is 0.858. The first-order valence-electron chi connectivity index (χ1n) is 2.05. The van der Waals surface area contributed by atoms with Gasteiger partial charge in [-0.15, -0.1) is 0 Å². The molecule has 1 radical (unpaired) electrons. The van der Waals surface area contributed by atoms with Crippen molar-refractivity contribution in [1.29, 1.82) is 0 Å². The molecule has 1 atom stereocenters. The fraction of sp³-hybridized carbons (Fsp3) is 1.00. The average Bonchev–Trinajstić information content (AvgIpc) is 2.12. The largest absolute Gasteiger partial charge is 0.373 e. The molecule has 6 heavy (non-hydrogen) atoms. The van der Waals surface area contributed by atoms with Crippen LogP contribution in [0.25, 0.3) is 0 Å². The van der Waals surface area contributed by atoms with Crippen molar-refractivity contribution in [3.05, 3.63) is 0 Å². The Morgan fingerprint density at radius 3 is 2.33 bits per heavy atom. The molecule has 1 aliphatic rings. The topological polar surface area (TPSA) is 12.5 Å². The van der Waals surface area contributed by atoms with Gasteiger partial charge >= 0.3 is 0 Å². The summed E-state index contributed by atoms with van der Waals surface area (Å²) in [4.78, 5) is 0. The van der Waals surface area contributed by atoms with Gasteiger partial charge in [0.2, 0.25) is 0 Å². The Hall–Kier alpha value is 0.700. The van der Waals surface area contributed by atoms with Crippen LogP contribution in [-0.4, -0.2) is 12.7 Å². The minimum Gasteiger partial charge on any atom is -0.373 e. The van der Waals surface area contributed by atoms with Crippen molar-refractivity contribution < 1.29 is 27.1 Å². The van der Waals surface area contributed by atoms with Crippen LogP contribution >= 0.6 is 0 Å². The molecule has 0 aromatic heterocycles. The summed E-state index contributed by atoms with van der Waals surface area (Å²) in [6.45, 7) is 3.15. The van der Waals surface area contributed by atoms with E-state index in [1.54, 1.807) is 0 Å². The summed E-state index contributed by atoms with van der Waals surface area (Å²) in [5, 5.41) is 0. The molecule has 0 saturated carbocycles. The van der Waals surface area contributed by atoms with Gasteiger partial charge in [0.15, 0.2) is 0 Å². The Kier molecular flexibility index (Phi) is 3.13. The molecule has 0 amide bonds. The first-order valence-corrected chi connectivity index (χ1v) is 2.05. The van der Waals surface area contributed by atoms with Gasteiger partial charge in [0.05, 0.1) is 12.7 Å². The molecule has 41 valence electrons. The molecule has 1 saturated heterocycles. The number of epoxide rings is 1. The van der Waals surface area contributed by atoms with Gasteiger partial charge in [-0.3, -0.25) is 0 Å². The first-order chi connectivity index (χ1) is 2.43. The van der Waals surface area contributed by atoms with Crippen LogP contribution in [0.1, 0.15) is 13.3 Å². The van der Waals surface area contributed by atoms with Crippen molar-refractivity contribution in [3.8, 4) is 0 Å². The summed E-state index contributed by atoms with van der Waals surface area (Å²) in [7, 11) is 0. The van der Waals surface area contributed by atoms with Crippen LogP contribution in [0.3, 0.4) is 0 Å². The summed E-state index contributed by atoms with van der Waals surface area (Å²) in [5.74, 6) is 0. The van der Waals surface area contributed by atoms with Crippen LogP contribution in [0.15, 0.2) is 0 Å². The number of rotatable bonds is 1. The van der Waals surface area contributed by atoms with Crippen molar-refractivity contribution in [2.24, 2.45) is 0 Å². The summed E-state index contributed by atoms with van der Waals surface area (Å²) >= 11 is 0. The Morgan fingerprint density at radius 2 is 2.33 bits per heavy atom. The second-order valence-corrected chi connectivity index (χ2v) is 1.36. The average molecular weight is 180 g/mol. The molecular weight excluding hydrogens is 172 g/mol. The van der Waals surface area contributed by atoms with Crippen LogP contribution in [-0.2, 0) is 27.1 Å². The van der Waals surface area contributed by atoms with Crippen LogP contribution in [0, 0.1) is 0 Å². The molecule has 0 spiro atoms. The monoisotopic (exact) mass is 179 g/mol. The van der Waals surface area contributed by atoms with E-state index in [9.17, 15) is 0 Å². The predicted octanol–water partition coefficient (Wildman–Crippen LogP) is 0.793. The zero-order chi connectivity index (χ0) is 3.70. The molecule has 0 aromatic carbocycles. The van der Waals surface area contributed by atoms with Gasteiger partial charge in [0, 0.05) is 22.4 Å². The van der Waals surface area contributed by atoms with E-state index in [0.717, 1.165) is 6.61 Å². The molecule has 0 N–H and O–H groups in total. The summed E-state index contributed by atoms with van der Waals surface area (Å²) in [6.07, 6.45) is 1.83. The molecule has 1 unspecified atom stereocenters. The van der Waals surface area contributed by atoms with E-state index in [1.807, 2.05) is 0 Å². The second kappa shape index (κ2) is 2.81. The molecule has 2 heteroatoms. The minimum atomic E-state index is 0. The van der Waals surface area contributed by atoms with Crippen molar-refractivity contribution in [3.63, 3.8) is 0 Å². The van der Waals surface area contributed by atoms with E-state index in [0.29, 0.717) is 6.10 Å². The van der Waals surface area contributed by atoms with E-state index < -0.39 is 0 Å². The maximum Gasteiger partial charge on any atom is 0.0807 e. The minimum absolute atomic E-state index is 0. The molecular formula is C4H8AgO. The normalized spacial score (nSPS) is 28.5. The molecule has 1 heterocycles. The predicted molar refractivity (Wildman–Crippen MR) is 20.0 cm³/mol. The Morgan fingerprint density at radius 1 is 1.83 bits per heavy atom. The van der Waals surface area contributed by atoms with Gasteiger partial charge in [-0.1, -0.05) is 6.92 Å². The second-order valence-electron chi connectivity index (χ2n) is 1.36. The quantitative estimate of drug-likeness (QED) is 0.429. The molecule has 0 aliphatic carbocycles. The Bertz CT molecular complexity index is 34.5. The maximum absolute atomic E-state index is 4.86. The Labute approximate surface area is 53.6 Å². The van der Waals surface area contributed by atoms with Gasteiger partial charge in [-0.25, -0.2) is 0 Å². The van der Waals surface area contributed by atoms with E-state index in [1.165, 1.54) is 6.42 Å². The third kappa shape index (κ3) is 1.98. The van der Waals surface area contributed by atoms with Gasteiger partial charge in [-0.2, -0.15) is 0 Å². The number of ether oxygens (including phenoxy) is 1. The summed E-state index contributed by atoms with van der Waals surface area (Å²) < 4.78 is 4.86. The smallest absolute Gasteiger partial charge is 0.0807 e. The van der Waals surface area contributed by atoms with Crippen LogP contribution < -0.4 is 0 Å². The summed E-state index contributed by atoms with van der Waals surface area (Å²) in [6, 6.07) is 0. The molecule has 1 rings (SSSR count). The summed E-state index contributed by atoms with van der Waals surface area (Å²) in [5.41, 5.74) is 0. The zero-order valence-electron chi connectivity index (χ0n) is 3.70. The van der Waals surface area contributed by atoms with E-state index in [4.69, 9.17) is 4.74 Å². The molecule has 0 bridgehead atoms. The first kappa shape index (κ1) is 6.70. The number of hydrogen-bond donors (Lipinski definition) is 0. The number of hydrogen-bond acceptors (Lipinski definition) is 1. The SMILES string of the molecule is CCC1CO1.[Ag]. The molecule has 1 nitrogen and oxygen atoms in total. The molecule has 1 aliphatic heterocycles. The van der Waals surface area contributed by atoms with E-state index in [-0.39, 0.29) is 22.4 Å². The molecule has 1 fully saturated rings. The van der Waals surface area contributed by atoms with E-state index in [2.05, 4.69) is 6.92 Å². The van der Waals surface area contributed by atoms with Crippen molar-refractivity contribution in [2.75, 3.05) is 6.61 Å². The zero-order valence-corrected chi connectivity index (χ0v) is 5.18. The molecule has 0 aromatic rings. The van der Waals surface area contributed by atoms with Crippen LogP contribution in [0.2, 0.25) is 0 Å². The standard InChI is InChI=1S/C4H8O.Ag/c1-2-4-3-5-4;/h4H,2-3H2,1H3;. The Balaban J connectivity index is 0.000000250. The van der Waals surface area contributed by atoms with Crippen molar-refractivity contribution in [1.82, 2.24) is 0 Å². The third-order valence-corrected chi connectivity index (χ3v) is 0.858. The van der Waals surface area contributed by atoms with Crippen LogP contribution in [0.5, 0.6) is 0 Å². The van der Waals surface area contributed by atoms with E-state index >= 15 is 0 Å². The maximum atomic E-state index is 4.86.